The number of benzene rings is 2. The molecule has 0 aliphatic carbocycles. The predicted octanol–water partition coefficient (Wildman–Crippen LogP) is 4.43. The smallest absolute Gasteiger partial charge is 0.166 e. The predicted molar refractivity (Wildman–Crippen MR) is 80.7 cm³/mol. The van der Waals surface area contributed by atoms with Crippen LogP contribution in [-0.2, 0) is 0 Å². The Hall–Kier alpha value is -0.910. The number of hydrogen-bond donors (Lipinski definition) is 1. The second-order valence-electron chi connectivity index (χ2n) is 3.97. The van der Waals surface area contributed by atoms with Gasteiger partial charge in [0.1, 0.15) is 6.10 Å². The fourth-order valence-electron chi connectivity index (χ4n) is 1.65. The van der Waals surface area contributed by atoms with Crippen LogP contribution in [0, 0.1) is 5.82 Å². The molecule has 2 aromatic carbocycles. The van der Waals surface area contributed by atoms with E-state index in [-0.39, 0.29) is 18.4 Å². The maximum atomic E-state index is 13.7. The molecule has 2 aromatic rings. The van der Waals surface area contributed by atoms with Gasteiger partial charge in [0.2, 0.25) is 0 Å². The molecule has 0 aliphatic rings. The van der Waals surface area contributed by atoms with Crippen LogP contribution in [-0.4, -0.2) is 6.54 Å². The Morgan fingerprint density at radius 1 is 1.05 bits per heavy atom. The van der Waals surface area contributed by atoms with Crippen molar-refractivity contribution in [2.75, 3.05) is 6.54 Å². The highest BCUT2D eigenvalue weighted by molar-refractivity contribution is 9.10. The van der Waals surface area contributed by atoms with Crippen LogP contribution in [0.15, 0.2) is 51.4 Å². The first kappa shape index (κ1) is 14.5. The van der Waals surface area contributed by atoms with Crippen molar-refractivity contribution in [3.63, 3.8) is 0 Å². The van der Waals surface area contributed by atoms with Crippen molar-refractivity contribution in [1.82, 2.24) is 0 Å². The molecule has 1 atom stereocenters. The van der Waals surface area contributed by atoms with Crippen molar-refractivity contribution in [3.05, 3.63) is 62.8 Å². The standard InChI is InChI=1S/C14H12Br2FNO/c15-10-3-1-9(2-4-10)14(8-18)19-13-6-5-11(16)7-12(13)17/h1-7,14H,8,18H2. The summed E-state index contributed by atoms with van der Waals surface area (Å²) in [6.45, 7) is 0.275. The molecule has 0 saturated heterocycles. The van der Waals surface area contributed by atoms with E-state index >= 15 is 0 Å². The topological polar surface area (TPSA) is 35.2 Å². The Bertz CT molecular complexity index is 560. The summed E-state index contributed by atoms with van der Waals surface area (Å²) in [4.78, 5) is 0. The average Bonchev–Trinajstić information content (AvgIpc) is 2.39. The van der Waals surface area contributed by atoms with Crippen LogP contribution in [0.1, 0.15) is 11.7 Å². The van der Waals surface area contributed by atoms with E-state index in [9.17, 15) is 4.39 Å². The zero-order valence-electron chi connectivity index (χ0n) is 9.95. The van der Waals surface area contributed by atoms with E-state index in [1.54, 1.807) is 12.1 Å². The van der Waals surface area contributed by atoms with Gasteiger partial charge < -0.3 is 10.5 Å². The van der Waals surface area contributed by atoms with Crippen molar-refractivity contribution in [2.24, 2.45) is 5.73 Å². The molecule has 0 saturated carbocycles. The summed E-state index contributed by atoms with van der Waals surface area (Å²) < 4.78 is 21.0. The van der Waals surface area contributed by atoms with Crippen molar-refractivity contribution in [3.8, 4) is 5.75 Å². The molecule has 2 rings (SSSR count). The summed E-state index contributed by atoms with van der Waals surface area (Å²) in [5, 5.41) is 0. The van der Waals surface area contributed by atoms with Crippen molar-refractivity contribution in [1.29, 1.82) is 0 Å². The Kier molecular flexibility index (Phi) is 4.96. The lowest BCUT2D eigenvalue weighted by molar-refractivity contribution is 0.204. The summed E-state index contributed by atoms with van der Waals surface area (Å²) in [6.07, 6.45) is -0.372. The zero-order valence-corrected chi connectivity index (χ0v) is 13.1. The van der Waals surface area contributed by atoms with Gasteiger partial charge in [-0.05, 0) is 35.9 Å². The fraction of sp³-hybridized carbons (Fsp3) is 0.143. The van der Waals surface area contributed by atoms with Gasteiger partial charge in [-0.2, -0.15) is 0 Å². The molecule has 100 valence electrons. The molecular weight excluding hydrogens is 377 g/mol. The van der Waals surface area contributed by atoms with Gasteiger partial charge in [0.25, 0.3) is 0 Å². The van der Waals surface area contributed by atoms with E-state index in [1.807, 2.05) is 24.3 Å². The van der Waals surface area contributed by atoms with Crippen LogP contribution in [0.25, 0.3) is 0 Å². The van der Waals surface area contributed by atoms with Crippen LogP contribution in [0.2, 0.25) is 0 Å². The number of halogens is 3. The Balaban J connectivity index is 2.21. The summed E-state index contributed by atoms with van der Waals surface area (Å²) in [7, 11) is 0. The fourth-order valence-corrected chi connectivity index (χ4v) is 2.25. The summed E-state index contributed by atoms with van der Waals surface area (Å²) >= 11 is 6.57. The molecule has 0 spiro atoms. The van der Waals surface area contributed by atoms with E-state index in [0.29, 0.717) is 4.47 Å². The monoisotopic (exact) mass is 387 g/mol. The first-order chi connectivity index (χ1) is 9.10. The molecule has 1 unspecified atom stereocenters. The lowest BCUT2D eigenvalue weighted by Crippen LogP contribution is -2.18. The Morgan fingerprint density at radius 3 is 2.26 bits per heavy atom. The minimum atomic E-state index is -0.412. The second kappa shape index (κ2) is 6.50. The first-order valence-electron chi connectivity index (χ1n) is 5.67. The molecule has 5 heteroatoms. The van der Waals surface area contributed by atoms with Crippen LogP contribution in [0.3, 0.4) is 0 Å². The van der Waals surface area contributed by atoms with Gasteiger partial charge in [-0.15, -0.1) is 0 Å². The number of rotatable bonds is 4. The molecule has 0 amide bonds. The van der Waals surface area contributed by atoms with Gasteiger partial charge in [0.15, 0.2) is 11.6 Å². The average molecular weight is 389 g/mol. The van der Waals surface area contributed by atoms with E-state index < -0.39 is 5.82 Å². The quantitative estimate of drug-likeness (QED) is 0.840. The number of hydrogen-bond acceptors (Lipinski definition) is 2. The minimum absolute atomic E-state index is 0.196. The summed E-state index contributed by atoms with van der Waals surface area (Å²) in [5.74, 6) is -0.216. The lowest BCUT2D eigenvalue weighted by Gasteiger charge is -2.18. The van der Waals surface area contributed by atoms with Crippen molar-refractivity contribution in [2.45, 2.75) is 6.10 Å². The minimum Gasteiger partial charge on any atom is -0.481 e. The number of ether oxygens (including phenoxy) is 1. The summed E-state index contributed by atoms with van der Waals surface area (Å²) in [6, 6.07) is 12.3. The van der Waals surface area contributed by atoms with Crippen molar-refractivity contribution >= 4 is 31.9 Å². The van der Waals surface area contributed by atoms with Crippen molar-refractivity contribution < 1.29 is 9.13 Å². The molecule has 0 bridgehead atoms. The second-order valence-corrected chi connectivity index (χ2v) is 5.80. The maximum absolute atomic E-state index is 13.7. The third-order valence-electron chi connectivity index (χ3n) is 2.62. The first-order valence-corrected chi connectivity index (χ1v) is 7.26. The van der Waals surface area contributed by atoms with Gasteiger partial charge in [0.05, 0.1) is 0 Å². The zero-order chi connectivity index (χ0) is 13.8. The highest BCUT2D eigenvalue weighted by atomic mass is 79.9. The van der Waals surface area contributed by atoms with E-state index in [2.05, 4.69) is 31.9 Å². The third kappa shape index (κ3) is 3.78. The molecule has 0 aromatic heterocycles. The SMILES string of the molecule is NCC(Oc1ccc(Br)cc1F)c1ccc(Br)cc1. The van der Waals surface area contributed by atoms with Crippen LogP contribution in [0.5, 0.6) is 5.75 Å². The van der Waals surface area contributed by atoms with E-state index in [4.69, 9.17) is 10.5 Å². The van der Waals surface area contributed by atoms with Crippen LogP contribution in [0.4, 0.5) is 4.39 Å². The largest absolute Gasteiger partial charge is 0.481 e. The number of nitrogens with two attached hydrogens (primary N) is 1. The van der Waals surface area contributed by atoms with Gasteiger partial charge in [-0.1, -0.05) is 44.0 Å². The Morgan fingerprint density at radius 2 is 1.68 bits per heavy atom. The molecule has 0 fully saturated rings. The molecule has 0 radical (unpaired) electrons. The lowest BCUT2D eigenvalue weighted by atomic mass is 10.1. The molecule has 0 aliphatic heterocycles. The summed E-state index contributed by atoms with van der Waals surface area (Å²) in [5.41, 5.74) is 6.61. The molecule has 0 heterocycles. The van der Waals surface area contributed by atoms with Gasteiger partial charge in [0, 0.05) is 15.5 Å². The normalized spacial score (nSPS) is 12.2. The van der Waals surface area contributed by atoms with Gasteiger partial charge in [-0.3, -0.25) is 0 Å². The molecule has 19 heavy (non-hydrogen) atoms. The van der Waals surface area contributed by atoms with Gasteiger partial charge in [-0.25, -0.2) is 4.39 Å². The van der Waals surface area contributed by atoms with E-state index in [1.165, 1.54) is 6.07 Å². The molecule has 2 nitrogen and oxygen atoms in total. The third-order valence-corrected chi connectivity index (χ3v) is 3.64. The highest BCUT2D eigenvalue weighted by Crippen LogP contribution is 2.27. The Labute approximate surface area is 128 Å². The molecule has 2 N–H and O–H groups in total. The molecular formula is C14H12Br2FNO. The van der Waals surface area contributed by atoms with E-state index in [0.717, 1.165) is 10.0 Å². The van der Waals surface area contributed by atoms with Crippen LogP contribution < -0.4 is 10.5 Å². The van der Waals surface area contributed by atoms with Gasteiger partial charge >= 0.3 is 0 Å². The maximum Gasteiger partial charge on any atom is 0.166 e. The van der Waals surface area contributed by atoms with Crippen LogP contribution >= 0.6 is 31.9 Å². The highest BCUT2D eigenvalue weighted by Gasteiger charge is 2.14.